The maximum Gasteiger partial charge on any atom is 0.274 e. The number of fused-ring (bicyclic) bond motifs is 2. The molecule has 7 nitrogen and oxygen atoms in total. The quantitative estimate of drug-likeness (QED) is 0.468. The molecule has 0 aliphatic rings. The van der Waals surface area contributed by atoms with Crippen molar-refractivity contribution in [3.8, 4) is 0 Å². The van der Waals surface area contributed by atoms with Crippen molar-refractivity contribution in [1.29, 1.82) is 0 Å². The second kappa shape index (κ2) is 8.61. The van der Waals surface area contributed by atoms with Crippen LogP contribution >= 0.6 is 22.7 Å². The molecule has 0 fully saturated rings. The van der Waals surface area contributed by atoms with Gasteiger partial charge in [0.1, 0.15) is 24.8 Å². The van der Waals surface area contributed by atoms with Crippen LogP contribution in [-0.2, 0) is 28.4 Å². The highest BCUT2D eigenvalue weighted by atomic mass is 32.1. The maximum absolute atomic E-state index is 14.0. The van der Waals surface area contributed by atoms with Gasteiger partial charge in [-0.05, 0) is 24.3 Å². The summed E-state index contributed by atoms with van der Waals surface area (Å²) >= 11 is 2.35. The number of benzene rings is 2. The molecule has 2 heterocycles. The van der Waals surface area contributed by atoms with Crippen molar-refractivity contribution in [3.05, 3.63) is 57.6 Å². The number of carbonyl (C=O) groups is 2. The molecule has 0 spiro atoms. The van der Waals surface area contributed by atoms with Gasteiger partial charge in [0.2, 0.25) is 0 Å². The lowest BCUT2D eigenvalue weighted by Gasteiger charge is -1.99. The molecule has 2 aromatic carbocycles. The van der Waals surface area contributed by atoms with Crippen LogP contribution in [0.3, 0.4) is 0 Å². The summed E-state index contributed by atoms with van der Waals surface area (Å²) in [6.45, 7) is -0.851. The first-order valence-electron chi connectivity index (χ1n) is 9.06. The largest absolute Gasteiger partial charge is 0.362 e. The van der Waals surface area contributed by atoms with Crippen molar-refractivity contribution < 1.29 is 23.1 Å². The van der Waals surface area contributed by atoms with E-state index in [1.54, 1.807) is 38.4 Å². The van der Waals surface area contributed by atoms with Crippen molar-refractivity contribution in [2.45, 2.75) is 0 Å². The molecule has 160 valence electrons. The zero-order valence-corrected chi connectivity index (χ0v) is 18.1. The number of halogens is 2. The summed E-state index contributed by atoms with van der Waals surface area (Å²) in [6.07, 6.45) is 0. The number of amides is 2. The van der Waals surface area contributed by atoms with Crippen molar-refractivity contribution >= 4 is 54.9 Å². The fourth-order valence-corrected chi connectivity index (χ4v) is 5.13. The van der Waals surface area contributed by atoms with Crippen molar-refractivity contribution in [2.75, 3.05) is 13.2 Å². The average Bonchev–Trinajstić information content (AvgIpc) is 3.20. The lowest BCUT2D eigenvalue weighted by molar-refractivity contribution is -0.127. The van der Waals surface area contributed by atoms with Gasteiger partial charge in [-0.2, -0.15) is 9.98 Å². The van der Waals surface area contributed by atoms with Gasteiger partial charge in [0, 0.05) is 14.1 Å². The predicted octanol–water partition coefficient (Wildman–Crippen LogP) is 2.64. The Morgan fingerprint density at radius 1 is 0.839 bits per heavy atom. The normalized spacial score (nSPS) is 12.9. The Morgan fingerprint density at radius 3 is 1.65 bits per heavy atom. The van der Waals surface area contributed by atoms with Crippen molar-refractivity contribution in [1.82, 2.24) is 9.13 Å². The van der Waals surface area contributed by atoms with Gasteiger partial charge in [0.15, 0.2) is 9.60 Å². The molecule has 2 aromatic heterocycles. The molecule has 4 aromatic rings. The predicted molar refractivity (Wildman–Crippen MR) is 113 cm³/mol. The number of rotatable bonds is 4. The van der Waals surface area contributed by atoms with E-state index in [1.807, 2.05) is 0 Å². The van der Waals surface area contributed by atoms with Crippen LogP contribution in [-0.4, -0.2) is 34.2 Å². The van der Waals surface area contributed by atoms with Gasteiger partial charge in [-0.1, -0.05) is 34.8 Å². The summed E-state index contributed by atoms with van der Waals surface area (Å²) < 4.78 is 37.4. The number of carbonyl (C=O) groups excluding carboxylic acids is 2. The average molecular weight is 463 g/mol. The zero-order chi connectivity index (χ0) is 22.1. The minimum atomic E-state index is -0.607. The number of aryl methyl sites for hydroxylation is 2. The summed E-state index contributed by atoms with van der Waals surface area (Å²) in [7, 11) is 3.23. The van der Waals surface area contributed by atoms with E-state index in [1.165, 1.54) is 43.9 Å². The Balaban J connectivity index is 1.44. The van der Waals surface area contributed by atoms with Crippen LogP contribution in [0.1, 0.15) is 0 Å². The van der Waals surface area contributed by atoms with Crippen LogP contribution in [0.25, 0.3) is 20.4 Å². The van der Waals surface area contributed by atoms with Crippen LogP contribution in [0.15, 0.2) is 46.4 Å². The van der Waals surface area contributed by atoms with E-state index in [2.05, 4.69) is 9.98 Å². The van der Waals surface area contributed by atoms with Crippen LogP contribution in [0.2, 0.25) is 0 Å². The molecule has 0 atom stereocenters. The third-order valence-electron chi connectivity index (χ3n) is 4.44. The van der Waals surface area contributed by atoms with Crippen LogP contribution in [0.5, 0.6) is 0 Å². The van der Waals surface area contributed by atoms with E-state index in [0.717, 1.165) is 0 Å². The van der Waals surface area contributed by atoms with E-state index in [9.17, 15) is 18.4 Å². The SMILES string of the molecule is Cn1c(=NC(=O)COCC(=O)N=c2sc3cccc(F)c3n2C)sc2cccc(F)c21. The number of ether oxygens (including phenoxy) is 1. The van der Waals surface area contributed by atoms with Gasteiger partial charge in [-0.3, -0.25) is 9.59 Å². The Morgan fingerprint density at radius 2 is 1.26 bits per heavy atom. The fraction of sp³-hybridized carbons (Fsp3) is 0.200. The smallest absolute Gasteiger partial charge is 0.274 e. The summed E-state index contributed by atoms with van der Waals surface area (Å²) in [5.41, 5.74) is 0.725. The third kappa shape index (κ3) is 4.24. The number of aromatic nitrogens is 2. The molecule has 4 rings (SSSR count). The Hall–Kier alpha value is -3.02. The van der Waals surface area contributed by atoms with Gasteiger partial charge < -0.3 is 13.9 Å². The highest BCUT2D eigenvalue weighted by molar-refractivity contribution is 7.16. The first-order valence-corrected chi connectivity index (χ1v) is 10.7. The molecule has 0 aliphatic carbocycles. The van der Waals surface area contributed by atoms with Crippen LogP contribution in [0, 0.1) is 11.6 Å². The third-order valence-corrected chi connectivity index (χ3v) is 6.63. The Labute approximate surface area is 182 Å². The van der Waals surface area contributed by atoms with E-state index < -0.39 is 36.7 Å². The molecule has 2 amide bonds. The van der Waals surface area contributed by atoms with Crippen LogP contribution in [0.4, 0.5) is 8.78 Å². The molecule has 0 saturated heterocycles. The molecular weight excluding hydrogens is 446 g/mol. The molecule has 0 aliphatic heterocycles. The van der Waals surface area contributed by atoms with E-state index >= 15 is 0 Å². The van der Waals surface area contributed by atoms with E-state index in [0.29, 0.717) is 30.0 Å². The Kier molecular flexibility index (Phi) is 5.90. The number of hydrogen-bond acceptors (Lipinski definition) is 5. The first-order chi connectivity index (χ1) is 14.8. The van der Waals surface area contributed by atoms with Crippen LogP contribution < -0.4 is 9.60 Å². The standard InChI is InChI=1S/C20H16F2N4O3S2/c1-25-17-11(21)5-3-7-13(17)30-19(25)23-15(27)9-29-10-16(28)24-20-26(2)18-12(22)6-4-8-14(18)31-20/h3-8H,9-10H2,1-2H3. The molecular formula is C20H16F2N4O3S2. The minimum Gasteiger partial charge on any atom is -0.362 e. The number of hydrogen-bond donors (Lipinski definition) is 0. The van der Waals surface area contributed by atoms with E-state index in [4.69, 9.17) is 4.74 Å². The highest BCUT2D eigenvalue weighted by Crippen LogP contribution is 2.20. The molecule has 11 heteroatoms. The second-order valence-electron chi connectivity index (χ2n) is 6.56. The number of thiazole rings is 2. The summed E-state index contributed by atoms with van der Waals surface area (Å²) in [4.78, 5) is 32.7. The maximum atomic E-state index is 14.0. The topological polar surface area (TPSA) is 78.0 Å². The monoisotopic (exact) mass is 462 g/mol. The van der Waals surface area contributed by atoms with Gasteiger partial charge >= 0.3 is 0 Å². The lowest BCUT2D eigenvalue weighted by atomic mass is 10.3. The summed E-state index contributed by atoms with van der Waals surface area (Å²) in [6, 6.07) is 9.33. The first kappa shape index (κ1) is 21.2. The Bertz CT molecular complexity index is 1350. The zero-order valence-electron chi connectivity index (χ0n) is 16.5. The summed E-state index contributed by atoms with van der Waals surface area (Å²) in [5, 5.41) is 0. The molecule has 0 bridgehead atoms. The lowest BCUT2D eigenvalue weighted by Crippen LogP contribution is -2.19. The molecule has 0 saturated carbocycles. The van der Waals surface area contributed by atoms with Crippen molar-refractivity contribution in [3.63, 3.8) is 0 Å². The van der Waals surface area contributed by atoms with Gasteiger partial charge in [-0.25, -0.2) is 8.78 Å². The van der Waals surface area contributed by atoms with Gasteiger partial charge in [0.05, 0.1) is 20.4 Å². The molecule has 0 N–H and O–H groups in total. The number of nitrogens with zero attached hydrogens (tertiary/aromatic N) is 4. The fourth-order valence-electron chi connectivity index (χ4n) is 3.03. The minimum absolute atomic E-state index is 0.323. The molecule has 0 radical (unpaired) electrons. The van der Waals surface area contributed by atoms with Gasteiger partial charge in [-0.15, -0.1) is 0 Å². The highest BCUT2D eigenvalue weighted by Gasteiger charge is 2.11. The van der Waals surface area contributed by atoms with Gasteiger partial charge in [0.25, 0.3) is 11.8 Å². The molecule has 31 heavy (non-hydrogen) atoms. The summed E-state index contributed by atoms with van der Waals surface area (Å²) in [5.74, 6) is -2.01. The molecule has 0 unspecified atom stereocenters. The van der Waals surface area contributed by atoms with E-state index in [-0.39, 0.29) is 0 Å². The number of para-hydroxylation sites is 2. The van der Waals surface area contributed by atoms with Crippen molar-refractivity contribution in [2.24, 2.45) is 24.1 Å². The second-order valence-corrected chi connectivity index (χ2v) is 8.58.